The van der Waals surface area contributed by atoms with Crippen molar-refractivity contribution in [1.82, 2.24) is 5.32 Å². The summed E-state index contributed by atoms with van der Waals surface area (Å²) < 4.78 is 5.13. The number of amidine groups is 1. The third-order valence-electron chi connectivity index (χ3n) is 3.46. The molecule has 3 rings (SSSR count). The number of amides is 1. The van der Waals surface area contributed by atoms with E-state index in [1.807, 2.05) is 49.4 Å². The molecule has 2 aromatic rings. The molecule has 0 spiro atoms. The lowest BCUT2D eigenvalue weighted by molar-refractivity contribution is -0.115. The van der Waals surface area contributed by atoms with Crippen LogP contribution in [-0.4, -0.2) is 18.2 Å². The third kappa shape index (κ3) is 3.80. The van der Waals surface area contributed by atoms with Crippen molar-refractivity contribution in [2.45, 2.75) is 6.92 Å². The van der Waals surface area contributed by atoms with Crippen LogP contribution in [0, 0.1) is 6.92 Å². The molecule has 6 heteroatoms. The van der Waals surface area contributed by atoms with E-state index >= 15 is 0 Å². The lowest BCUT2D eigenvalue weighted by atomic mass is 10.2. The number of methoxy groups -OCH3 is 1. The van der Waals surface area contributed by atoms with E-state index in [0.717, 1.165) is 22.6 Å². The minimum atomic E-state index is -0.158. The molecule has 1 fully saturated rings. The van der Waals surface area contributed by atoms with E-state index in [1.165, 1.54) is 11.8 Å². The second-order valence-corrected chi connectivity index (χ2v) is 6.65. The predicted octanol–water partition coefficient (Wildman–Crippen LogP) is 4.55. The minimum absolute atomic E-state index is 0.158. The molecular formula is C18H15ClN2O2S. The Morgan fingerprint density at radius 2 is 1.96 bits per heavy atom. The molecule has 1 aliphatic heterocycles. The SMILES string of the molecule is COc1ccc(/C=C2\SC(=Nc3cc(Cl)ccc3C)NC2=O)cc1. The largest absolute Gasteiger partial charge is 0.497 e. The molecule has 0 unspecified atom stereocenters. The Hall–Kier alpha value is -2.24. The van der Waals surface area contributed by atoms with E-state index in [1.54, 1.807) is 13.2 Å². The topological polar surface area (TPSA) is 50.7 Å². The second kappa shape index (κ2) is 7.11. The van der Waals surface area contributed by atoms with Gasteiger partial charge in [0.25, 0.3) is 5.91 Å². The number of ether oxygens (including phenoxy) is 1. The van der Waals surface area contributed by atoms with Crippen molar-refractivity contribution in [3.8, 4) is 5.75 Å². The van der Waals surface area contributed by atoms with Gasteiger partial charge in [-0.25, -0.2) is 4.99 Å². The Bertz CT molecular complexity index is 845. The summed E-state index contributed by atoms with van der Waals surface area (Å²) in [6.45, 7) is 1.95. The molecule has 0 atom stereocenters. The highest BCUT2D eigenvalue weighted by molar-refractivity contribution is 8.18. The van der Waals surface area contributed by atoms with Crippen LogP contribution in [0.5, 0.6) is 5.75 Å². The Balaban J connectivity index is 1.83. The highest BCUT2D eigenvalue weighted by Gasteiger charge is 2.24. The smallest absolute Gasteiger partial charge is 0.264 e. The van der Waals surface area contributed by atoms with Crippen molar-refractivity contribution < 1.29 is 9.53 Å². The number of aryl methyl sites for hydroxylation is 1. The number of halogens is 1. The number of thioether (sulfide) groups is 1. The highest BCUT2D eigenvalue weighted by Crippen LogP contribution is 2.30. The van der Waals surface area contributed by atoms with Gasteiger partial charge in [-0.2, -0.15) is 0 Å². The zero-order valence-electron chi connectivity index (χ0n) is 13.2. The average Bonchev–Trinajstić information content (AvgIpc) is 2.91. The van der Waals surface area contributed by atoms with Crippen molar-refractivity contribution in [3.63, 3.8) is 0 Å². The van der Waals surface area contributed by atoms with Gasteiger partial charge in [-0.15, -0.1) is 0 Å². The van der Waals surface area contributed by atoms with Crippen LogP contribution in [0.3, 0.4) is 0 Å². The monoisotopic (exact) mass is 358 g/mol. The van der Waals surface area contributed by atoms with Crippen LogP contribution in [0.4, 0.5) is 5.69 Å². The van der Waals surface area contributed by atoms with Gasteiger partial charge < -0.3 is 10.1 Å². The number of benzene rings is 2. The van der Waals surface area contributed by atoms with Gasteiger partial charge in [-0.3, -0.25) is 4.79 Å². The molecule has 2 aromatic carbocycles. The molecule has 1 heterocycles. The Morgan fingerprint density at radius 3 is 2.67 bits per heavy atom. The summed E-state index contributed by atoms with van der Waals surface area (Å²) in [5.74, 6) is 0.619. The normalized spacial score (nSPS) is 17.4. The number of rotatable bonds is 3. The van der Waals surface area contributed by atoms with Gasteiger partial charge in [-0.05, 0) is 60.2 Å². The molecule has 24 heavy (non-hydrogen) atoms. The molecule has 1 amide bonds. The summed E-state index contributed by atoms with van der Waals surface area (Å²) in [5, 5.41) is 3.94. The van der Waals surface area contributed by atoms with E-state index < -0.39 is 0 Å². The van der Waals surface area contributed by atoms with E-state index in [4.69, 9.17) is 16.3 Å². The summed E-state index contributed by atoms with van der Waals surface area (Å²) in [7, 11) is 1.62. The van der Waals surface area contributed by atoms with Gasteiger partial charge in [0.1, 0.15) is 5.75 Å². The first-order valence-corrected chi connectivity index (χ1v) is 8.44. The number of aliphatic imine (C=N–C) groups is 1. The molecule has 1 N–H and O–H groups in total. The second-order valence-electron chi connectivity index (χ2n) is 5.19. The third-order valence-corrected chi connectivity index (χ3v) is 4.60. The quantitative estimate of drug-likeness (QED) is 0.819. The van der Waals surface area contributed by atoms with Gasteiger partial charge in [0.15, 0.2) is 5.17 Å². The van der Waals surface area contributed by atoms with Crippen LogP contribution in [-0.2, 0) is 4.79 Å². The van der Waals surface area contributed by atoms with Crippen molar-refractivity contribution in [2.75, 3.05) is 7.11 Å². The first kappa shape index (κ1) is 16.6. The van der Waals surface area contributed by atoms with E-state index in [9.17, 15) is 4.79 Å². The summed E-state index contributed by atoms with van der Waals surface area (Å²) in [4.78, 5) is 17.2. The Morgan fingerprint density at radius 1 is 1.21 bits per heavy atom. The van der Waals surface area contributed by atoms with Gasteiger partial charge in [0.05, 0.1) is 17.7 Å². The molecule has 1 aliphatic rings. The summed E-state index contributed by atoms with van der Waals surface area (Å²) in [6, 6.07) is 13.0. The van der Waals surface area contributed by atoms with Crippen LogP contribution in [0.15, 0.2) is 52.4 Å². The fourth-order valence-electron chi connectivity index (χ4n) is 2.14. The number of carbonyl (C=O) groups is 1. The molecular weight excluding hydrogens is 344 g/mol. The molecule has 1 saturated heterocycles. The van der Waals surface area contributed by atoms with Crippen LogP contribution in [0.2, 0.25) is 5.02 Å². The van der Waals surface area contributed by atoms with E-state index in [2.05, 4.69) is 10.3 Å². The Kier molecular flexibility index (Phi) is 4.92. The maximum Gasteiger partial charge on any atom is 0.264 e. The predicted molar refractivity (Wildman–Crippen MR) is 100.0 cm³/mol. The van der Waals surface area contributed by atoms with Crippen LogP contribution >= 0.6 is 23.4 Å². The zero-order valence-corrected chi connectivity index (χ0v) is 14.7. The molecule has 0 bridgehead atoms. The molecule has 0 aromatic heterocycles. The van der Waals surface area contributed by atoms with Gasteiger partial charge in [-0.1, -0.05) is 29.8 Å². The first-order chi connectivity index (χ1) is 11.5. The van der Waals surface area contributed by atoms with Gasteiger partial charge in [0.2, 0.25) is 0 Å². The number of hydrogen-bond acceptors (Lipinski definition) is 4. The van der Waals surface area contributed by atoms with Crippen molar-refractivity contribution >= 4 is 46.2 Å². The van der Waals surface area contributed by atoms with Crippen molar-refractivity contribution in [2.24, 2.45) is 4.99 Å². The first-order valence-electron chi connectivity index (χ1n) is 7.25. The number of nitrogens with zero attached hydrogens (tertiary/aromatic N) is 1. The van der Waals surface area contributed by atoms with E-state index in [0.29, 0.717) is 15.1 Å². The van der Waals surface area contributed by atoms with Crippen molar-refractivity contribution in [3.05, 3.63) is 63.5 Å². The summed E-state index contributed by atoms with van der Waals surface area (Å²) in [6.07, 6.45) is 1.83. The maximum absolute atomic E-state index is 12.1. The standard InChI is InChI=1S/C18H15ClN2O2S/c1-11-3-6-13(19)10-15(11)20-18-21-17(22)16(24-18)9-12-4-7-14(23-2)8-5-12/h3-10H,1-2H3,(H,20,21,22)/b16-9-. The van der Waals surface area contributed by atoms with E-state index in [-0.39, 0.29) is 5.91 Å². The molecule has 4 nitrogen and oxygen atoms in total. The molecule has 0 aliphatic carbocycles. The maximum atomic E-state index is 12.1. The lowest BCUT2D eigenvalue weighted by Crippen LogP contribution is -2.19. The summed E-state index contributed by atoms with van der Waals surface area (Å²) >= 11 is 7.32. The summed E-state index contributed by atoms with van der Waals surface area (Å²) in [5.41, 5.74) is 2.67. The number of hydrogen-bond donors (Lipinski definition) is 1. The average molecular weight is 359 g/mol. The fourth-order valence-corrected chi connectivity index (χ4v) is 3.15. The van der Waals surface area contributed by atoms with Crippen LogP contribution < -0.4 is 10.1 Å². The van der Waals surface area contributed by atoms with Gasteiger partial charge in [0, 0.05) is 5.02 Å². The fraction of sp³-hybridized carbons (Fsp3) is 0.111. The minimum Gasteiger partial charge on any atom is -0.497 e. The highest BCUT2D eigenvalue weighted by atomic mass is 35.5. The van der Waals surface area contributed by atoms with Crippen LogP contribution in [0.1, 0.15) is 11.1 Å². The molecule has 0 radical (unpaired) electrons. The molecule has 122 valence electrons. The van der Waals surface area contributed by atoms with Gasteiger partial charge >= 0.3 is 0 Å². The Labute approximate surface area is 149 Å². The zero-order chi connectivity index (χ0) is 17.1. The lowest BCUT2D eigenvalue weighted by Gasteiger charge is -2.01. The van der Waals surface area contributed by atoms with Crippen molar-refractivity contribution in [1.29, 1.82) is 0 Å². The van der Waals surface area contributed by atoms with Crippen LogP contribution in [0.25, 0.3) is 6.08 Å². The molecule has 0 saturated carbocycles. The number of carbonyl (C=O) groups excluding carboxylic acids is 1. The number of nitrogens with one attached hydrogen (secondary N) is 1.